The molecule has 1 fully saturated rings. The number of para-hydroxylation sites is 1. The second-order valence-electron chi connectivity index (χ2n) is 7.02. The Morgan fingerprint density at radius 1 is 1.26 bits per heavy atom. The molecule has 3 heterocycles. The number of nitrogens with zero attached hydrogens (tertiary/aromatic N) is 5. The summed E-state index contributed by atoms with van der Waals surface area (Å²) in [6.45, 7) is 6.60. The van der Waals surface area contributed by atoms with Gasteiger partial charge in [0.25, 0.3) is 11.5 Å². The van der Waals surface area contributed by atoms with Gasteiger partial charge in [-0.3, -0.25) is 14.2 Å². The first-order chi connectivity index (χ1) is 15.0. The van der Waals surface area contributed by atoms with Gasteiger partial charge in [-0.05, 0) is 26.0 Å². The molecule has 0 unspecified atom stereocenters. The number of rotatable bonds is 5. The summed E-state index contributed by atoms with van der Waals surface area (Å²) >= 11 is 0. The van der Waals surface area contributed by atoms with E-state index in [4.69, 9.17) is 10.5 Å². The highest BCUT2D eigenvalue weighted by atomic mass is 16.5. The van der Waals surface area contributed by atoms with E-state index >= 15 is 0 Å². The zero-order chi connectivity index (χ0) is 22.0. The number of benzene rings is 1. The predicted octanol–water partition coefficient (Wildman–Crippen LogP) is 0.357. The number of carbonyl (C=O) groups is 1. The Morgan fingerprint density at radius 3 is 2.71 bits per heavy atom. The number of aromatic nitrogens is 4. The van der Waals surface area contributed by atoms with Gasteiger partial charge < -0.3 is 20.8 Å². The number of ether oxygens (including phenoxy) is 1. The van der Waals surface area contributed by atoms with Crippen LogP contribution < -0.4 is 26.4 Å². The second-order valence-corrected chi connectivity index (χ2v) is 7.02. The summed E-state index contributed by atoms with van der Waals surface area (Å²) < 4.78 is 9.10. The first-order valence-corrected chi connectivity index (χ1v) is 9.93. The molecular weight excluding hydrogens is 398 g/mol. The molecule has 10 heteroatoms. The largest absolute Gasteiger partial charge is 0.425 e. The average Bonchev–Trinajstić information content (AvgIpc) is 3.10. The Labute approximate surface area is 178 Å². The summed E-state index contributed by atoms with van der Waals surface area (Å²) in [5.74, 6) is 5.93. The van der Waals surface area contributed by atoms with Crippen molar-refractivity contribution in [3.8, 4) is 23.6 Å². The van der Waals surface area contributed by atoms with Crippen molar-refractivity contribution in [2.24, 2.45) is 5.73 Å². The van der Waals surface area contributed by atoms with E-state index in [9.17, 15) is 9.59 Å². The molecule has 1 aliphatic rings. The van der Waals surface area contributed by atoms with Gasteiger partial charge in [0.1, 0.15) is 11.6 Å². The molecule has 0 radical (unpaired) electrons. The first kappa shape index (κ1) is 20.4. The summed E-state index contributed by atoms with van der Waals surface area (Å²) in [6.07, 6.45) is 0. The van der Waals surface area contributed by atoms with Crippen molar-refractivity contribution in [2.45, 2.75) is 20.4 Å². The lowest BCUT2D eigenvalue weighted by atomic mass is 10.2. The topological polar surface area (TPSA) is 120 Å². The third kappa shape index (κ3) is 3.83. The molecule has 3 aromatic rings. The van der Waals surface area contributed by atoms with Gasteiger partial charge in [-0.15, -0.1) is 5.92 Å². The van der Waals surface area contributed by atoms with Crippen LogP contribution in [0, 0.1) is 18.8 Å². The first-order valence-electron chi connectivity index (χ1n) is 9.93. The van der Waals surface area contributed by atoms with E-state index in [0.29, 0.717) is 24.4 Å². The minimum Gasteiger partial charge on any atom is -0.425 e. The van der Waals surface area contributed by atoms with E-state index in [1.54, 1.807) is 47.4 Å². The van der Waals surface area contributed by atoms with Crippen molar-refractivity contribution in [2.75, 3.05) is 31.2 Å². The zero-order valence-corrected chi connectivity index (χ0v) is 17.4. The molecule has 4 rings (SSSR count). The maximum Gasteiger partial charge on any atom is 0.305 e. The molecule has 1 aromatic carbocycles. The van der Waals surface area contributed by atoms with E-state index in [1.165, 1.54) is 0 Å². The Kier molecular flexibility index (Phi) is 5.60. The van der Waals surface area contributed by atoms with Gasteiger partial charge in [0.15, 0.2) is 11.2 Å². The van der Waals surface area contributed by atoms with Gasteiger partial charge in [-0.25, -0.2) is 9.66 Å². The van der Waals surface area contributed by atoms with Crippen molar-refractivity contribution in [3.63, 3.8) is 0 Å². The van der Waals surface area contributed by atoms with Crippen LogP contribution in [0.3, 0.4) is 0 Å². The maximum atomic E-state index is 13.5. The van der Waals surface area contributed by atoms with Crippen molar-refractivity contribution in [1.29, 1.82) is 0 Å². The van der Waals surface area contributed by atoms with Crippen molar-refractivity contribution < 1.29 is 9.53 Å². The van der Waals surface area contributed by atoms with Crippen LogP contribution in [0.15, 0.2) is 29.1 Å². The van der Waals surface area contributed by atoms with Gasteiger partial charge in [-0.2, -0.15) is 4.98 Å². The Bertz CT molecular complexity index is 1260. The molecule has 0 aliphatic carbocycles. The number of hydrogen-bond acceptors (Lipinski definition) is 7. The van der Waals surface area contributed by atoms with Crippen LogP contribution in [0.1, 0.15) is 23.1 Å². The molecule has 0 saturated carbocycles. The van der Waals surface area contributed by atoms with Crippen LogP contribution in [0.25, 0.3) is 11.2 Å². The van der Waals surface area contributed by atoms with Gasteiger partial charge in [-0.1, -0.05) is 18.1 Å². The fourth-order valence-corrected chi connectivity index (χ4v) is 3.58. The van der Waals surface area contributed by atoms with E-state index in [2.05, 4.69) is 27.1 Å². The lowest BCUT2D eigenvalue weighted by Crippen LogP contribution is -2.53. The molecular formula is C21H23N7O3. The second kappa shape index (κ2) is 8.49. The van der Waals surface area contributed by atoms with E-state index in [1.807, 2.05) is 5.01 Å². The van der Waals surface area contributed by atoms with Crippen LogP contribution in [0.5, 0.6) is 11.8 Å². The lowest BCUT2D eigenvalue weighted by molar-refractivity contribution is 0.0998. The van der Waals surface area contributed by atoms with Crippen LogP contribution in [0.2, 0.25) is 0 Å². The number of primary amides is 1. The fraction of sp³-hybridized carbons (Fsp3) is 0.333. The number of aryl methyl sites for hydroxylation is 1. The molecule has 160 valence electrons. The number of piperazine rings is 1. The molecule has 3 N–H and O–H groups in total. The summed E-state index contributed by atoms with van der Waals surface area (Å²) in [5.41, 5.74) is 5.99. The van der Waals surface area contributed by atoms with E-state index < -0.39 is 5.91 Å². The van der Waals surface area contributed by atoms with Gasteiger partial charge >= 0.3 is 6.01 Å². The number of carbonyl (C=O) groups excluding carboxylic acids is 1. The fourth-order valence-electron chi connectivity index (χ4n) is 3.58. The van der Waals surface area contributed by atoms with Gasteiger partial charge in [0.2, 0.25) is 0 Å². The molecule has 10 nitrogen and oxygen atoms in total. The van der Waals surface area contributed by atoms with Crippen LogP contribution >= 0.6 is 0 Å². The highest BCUT2D eigenvalue weighted by Crippen LogP contribution is 2.26. The molecule has 1 aliphatic heterocycles. The van der Waals surface area contributed by atoms with E-state index in [0.717, 1.165) is 13.1 Å². The third-order valence-corrected chi connectivity index (χ3v) is 5.03. The molecule has 1 amide bonds. The number of imidazole rings is 1. The summed E-state index contributed by atoms with van der Waals surface area (Å²) in [6, 6.07) is 6.72. The summed E-state index contributed by atoms with van der Waals surface area (Å²) in [7, 11) is 0. The summed E-state index contributed by atoms with van der Waals surface area (Å²) in [5, 5.41) is 5.24. The van der Waals surface area contributed by atoms with Crippen LogP contribution in [-0.4, -0.2) is 51.3 Å². The molecule has 2 aromatic heterocycles. The normalized spacial score (nSPS) is 13.7. The standard InChI is InChI=1S/C21H23N7O3/c1-3-4-11-27-17-19(24-14(2)28(20(17)30)26-12-9-23-10-13-26)25-21(27)31-16-8-6-5-7-15(16)18(22)29/h5-8,23H,9-13H2,1-2H3,(H2,22,29). The maximum absolute atomic E-state index is 13.5. The van der Waals surface area contributed by atoms with Gasteiger partial charge in [0, 0.05) is 26.2 Å². The smallest absolute Gasteiger partial charge is 0.305 e. The SMILES string of the molecule is CC#CCn1c(Oc2ccccc2C(N)=O)nc2nc(C)n(N3CCNCC3)c(=O)c21. The average molecular weight is 421 g/mol. The zero-order valence-electron chi connectivity index (χ0n) is 17.4. The van der Waals surface area contributed by atoms with Crippen molar-refractivity contribution >= 4 is 17.1 Å². The number of amides is 1. The molecule has 1 saturated heterocycles. The minimum atomic E-state index is -0.623. The monoisotopic (exact) mass is 421 g/mol. The van der Waals surface area contributed by atoms with Crippen molar-refractivity contribution in [1.82, 2.24) is 24.5 Å². The van der Waals surface area contributed by atoms with Crippen molar-refractivity contribution in [3.05, 3.63) is 46.0 Å². The number of nitrogens with one attached hydrogen (secondary N) is 1. The highest BCUT2D eigenvalue weighted by Gasteiger charge is 2.23. The van der Waals surface area contributed by atoms with E-state index in [-0.39, 0.29) is 35.1 Å². The predicted molar refractivity (Wildman–Crippen MR) is 116 cm³/mol. The molecule has 31 heavy (non-hydrogen) atoms. The Balaban J connectivity index is 1.88. The minimum absolute atomic E-state index is 0.119. The lowest BCUT2D eigenvalue weighted by Gasteiger charge is -2.31. The molecule has 0 bridgehead atoms. The quantitative estimate of drug-likeness (QED) is 0.571. The highest BCUT2D eigenvalue weighted by molar-refractivity contribution is 5.95. The molecule has 0 atom stereocenters. The summed E-state index contributed by atoms with van der Waals surface area (Å²) in [4.78, 5) is 34.3. The number of nitrogens with two attached hydrogens (primary N) is 1. The number of hydrogen-bond donors (Lipinski definition) is 2. The van der Waals surface area contributed by atoms with Gasteiger partial charge in [0.05, 0.1) is 12.1 Å². The Hall–Kier alpha value is -3.84. The van der Waals surface area contributed by atoms with Crippen LogP contribution in [0.4, 0.5) is 0 Å². The molecule has 0 spiro atoms. The number of fused-ring (bicyclic) bond motifs is 1. The Morgan fingerprint density at radius 2 is 2.00 bits per heavy atom. The van der Waals surface area contributed by atoms with Crippen LogP contribution in [-0.2, 0) is 6.54 Å². The third-order valence-electron chi connectivity index (χ3n) is 5.03.